The van der Waals surface area contributed by atoms with E-state index in [2.05, 4.69) is 11.9 Å². The molecule has 2 atom stereocenters. The second kappa shape index (κ2) is 2.92. The van der Waals surface area contributed by atoms with E-state index in [1.165, 1.54) is 18.4 Å². The Morgan fingerprint density at radius 1 is 1.42 bits per heavy atom. The monoisotopic (exact) mass is 165 g/mol. The molecule has 1 saturated heterocycles. The maximum absolute atomic E-state index is 11.4. The number of nitrogens with one attached hydrogen (secondary N) is 1. The van der Waals surface area contributed by atoms with E-state index in [-0.39, 0.29) is 11.8 Å². The predicted molar refractivity (Wildman–Crippen MR) is 47.6 cm³/mol. The molecule has 0 radical (unpaired) electrons. The Morgan fingerprint density at radius 3 is 3.08 bits per heavy atom. The number of piperidine rings is 1. The molecule has 0 aromatic carbocycles. The Hall–Kier alpha value is -0.790. The van der Waals surface area contributed by atoms with Gasteiger partial charge in [-0.25, -0.2) is 0 Å². The van der Waals surface area contributed by atoms with Crippen LogP contribution in [0.3, 0.4) is 0 Å². The molecular weight excluding hydrogens is 150 g/mol. The third kappa shape index (κ3) is 1.26. The van der Waals surface area contributed by atoms with Gasteiger partial charge in [0, 0.05) is 12.5 Å². The quantitative estimate of drug-likeness (QED) is 0.541. The Kier molecular flexibility index (Phi) is 1.91. The van der Waals surface area contributed by atoms with Crippen molar-refractivity contribution in [3.63, 3.8) is 0 Å². The smallest absolute Gasteiger partial charge is 0.223 e. The highest BCUT2D eigenvalue weighted by atomic mass is 16.1. The van der Waals surface area contributed by atoms with Crippen LogP contribution in [0.2, 0.25) is 0 Å². The van der Waals surface area contributed by atoms with Crippen molar-refractivity contribution in [1.29, 1.82) is 0 Å². The normalized spacial score (nSPS) is 35.7. The van der Waals surface area contributed by atoms with Gasteiger partial charge in [0.2, 0.25) is 5.91 Å². The zero-order valence-electron chi connectivity index (χ0n) is 7.31. The molecule has 0 spiro atoms. The van der Waals surface area contributed by atoms with Crippen LogP contribution in [-0.2, 0) is 4.79 Å². The molecule has 2 fully saturated rings. The zero-order valence-corrected chi connectivity index (χ0v) is 7.31. The van der Waals surface area contributed by atoms with Gasteiger partial charge >= 0.3 is 0 Å². The molecule has 2 nitrogen and oxygen atoms in total. The first-order valence-corrected chi connectivity index (χ1v) is 4.72. The number of allylic oxidation sites excluding steroid dienone is 1. The molecule has 1 aliphatic carbocycles. The Bertz CT molecular complexity index is 222. The molecule has 66 valence electrons. The van der Waals surface area contributed by atoms with E-state index in [9.17, 15) is 4.79 Å². The molecule has 1 saturated carbocycles. The summed E-state index contributed by atoms with van der Waals surface area (Å²) in [7, 11) is 0. The molecule has 2 unspecified atom stereocenters. The maximum atomic E-state index is 11.4. The van der Waals surface area contributed by atoms with Crippen molar-refractivity contribution in [1.82, 2.24) is 5.32 Å². The fourth-order valence-electron chi connectivity index (χ4n) is 2.33. The summed E-state index contributed by atoms with van der Waals surface area (Å²) in [6.07, 6.45) is 4.41. The van der Waals surface area contributed by atoms with Crippen LogP contribution in [0.5, 0.6) is 0 Å². The number of amides is 1. The molecule has 2 rings (SSSR count). The molecular formula is C10H15NO. The second-order valence-corrected chi connectivity index (χ2v) is 3.94. The average Bonchev–Trinajstić information content (AvgIpc) is 2.07. The fraction of sp³-hybridized carbons (Fsp3) is 0.700. The second-order valence-electron chi connectivity index (χ2n) is 3.94. The Morgan fingerprint density at radius 2 is 2.25 bits per heavy atom. The van der Waals surface area contributed by atoms with Gasteiger partial charge in [-0.3, -0.25) is 4.79 Å². The minimum Gasteiger partial charge on any atom is -0.356 e. The minimum atomic E-state index is 0.250. The largest absolute Gasteiger partial charge is 0.356 e. The lowest BCUT2D eigenvalue weighted by Crippen LogP contribution is -2.43. The van der Waals surface area contributed by atoms with Gasteiger partial charge in [-0.05, 0) is 31.6 Å². The van der Waals surface area contributed by atoms with Crippen molar-refractivity contribution in [3.8, 4) is 0 Å². The van der Waals surface area contributed by atoms with Gasteiger partial charge in [-0.1, -0.05) is 12.2 Å². The third-order valence-electron chi connectivity index (χ3n) is 3.10. The lowest BCUT2D eigenvalue weighted by atomic mass is 9.73. The summed E-state index contributed by atoms with van der Waals surface area (Å²) in [5.74, 6) is 1.15. The van der Waals surface area contributed by atoms with Crippen LogP contribution < -0.4 is 5.32 Å². The Balaban J connectivity index is 2.10. The fourth-order valence-corrected chi connectivity index (χ4v) is 2.33. The highest BCUT2D eigenvalue weighted by molar-refractivity contribution is 5.80. The molecule has 1 amide bonds. The van der Waals surface area contributed by atoms with Gasteiger partial charge in [-0.2, -0.15) is 0 Å². The molecule has 1 aliphatic heterocycles. The highest BCUT2D eigenvalue weighted by Crippen LogP contribution is 2.36. The van der Waals surface area contributed by atoms with Gasteiger partial charge in [0.15, 0.2) is 0 Å². The zero-order chi connectivity index (χ0) is 8.55. The van der Waals surface area contributed by atoms with Crippen LogP contribution in [0.4, 0.5) is 0 Å². The van der Waals surface area contributed by atoms with E-state index in [1.807, 2.05) is 0 Å². The van der Waals surface area contributed by atoms with Crippen molar-refractivity contribution in [2.75, 3.05) is 6.54 Å². The van der Waals surface area contributed by atoms with E-state index < -0.39 is 0 Å². The molecule has 1 N–H and O–H groups in total. The molecule has 12 heavy (non-hydrogen) atoms. The number of rotatable bonds is 0. The van der Waals surface area contributed by atoms with Crippen LogP contribution in [0.15, 0.2) is 12.2 Å². The number of fused-ring (bicyclic) bond motifs is 1. The first kappa shape index (κ1) is 7.84. The van der Waals surface area contributed by atoms with E-state index in [0.29, 0.717) is 5.92 Å². The van der Waals surface area contributed by atoms with Gasteiger partial charge in [0.25, 0.3) is 0 Å². The van der Waals surface area contributed by atoms with E-state index >= 15 is 0 Å². The van der Waals surface area contributed by atoms with Gasteiger partial charge < -0.3 is 5.32 Å². The standard InChI is InChI=1S/C10H15NO/c1-7-2-3-8-4-5-11-10(12)9(8)6-7/h8-9H,1-6H2,(H,11,12). The summed E-state index contributed by atoms with van der Waals surface area (Å²) in [4.78, 5) is 11.4. The summed E-state index contributed by atoms with van der Waals surface area (Å²) in [6.45, 7) is 4.84. The summed E-state index contributed by atoms with van der Waals surface area (Å²) in [6, 6.07) is 0. The average molecular weight is 165 g/mol. The van der Waals surface area contributed by atoms with Crippen LogP contribution in [0, 0.1) is 11.8 Å². The van der Waals surface area contributed by atoms with Crippen molar-refractivity contribution in [3.05, 3.63) is 12.2 Å². The first-order chi connectivity index (χ1) is 5.77. The molecule has 2 heteroatoms. The summed E-state index contributed by atoms with van der Waals surface area (Å²) in [5, 5.41) is 2.92. The van der Waals surface area contributed by atoms with Crippen LogP contribution in [-0.4, -0.2) is 12.5 Å². The van der Waals surface area contributed by atoms with Crippen molar-refractivity contribution in [2.24, 2.45) is 11.8 Å². The summed E-state index contributed by atoms with van der Waals surface area (Å²) < 4.78 is 0. The predicted octanol–water partition coefficient (Wildman–Crippen LogP) is 1.48. The van der Waals surface area contributed by atoms with Gasteiger partial charge in [0.05, 0.1) is 0 Å². The molecule has 0 aromatic heterocycles. The Labute approximate surface area is 73.0 Å². The molecule has 0 bridgehead atoms. The van der Waals surface area contributed by atoms with Gasteiger partial charge in [-0.15, -0.1) is 0 Å². The SMILES string of the molecule is C=C1CCC2CCNC(=O)C2C1. The highest BCUT2D eigenvalue weighted by Gasteiger charge is 2.34. The third-order valence-corrected chi connectivity index (χ3v) is 3.10. The topological polar surface area (TPSA) is 29.1 Å². The molecule has 0 aromatic rings. The first-order valence-electron chi connectivity index (χ1n) is 4.72. The van der Waals surface area contributed by atoms with Crippen LogP contribution >= 0.6 is 0 Å². The minimum absolute atomic E-state index is 0.250. The van der Waals surface area contributed by atoms with E-state index in [0.717, 1.165) is 19.4 Å². The van der Waals surface area contributed by atoms with E-state index in [1.54, 1.807) is 0 Å². The number of carbonyl (C=O) groups excluding carboxylic acids is 1. The lowest BCUT2D eigenvalue weighted by molar-refractivity contribution is -0.129. The molecule has 2 aliphatic rings. The van der Waals surface area contributed by atoms with E-state index in [4.69, 9.17) is 0 Å². The van der Waals surface area contributed by atoms with Crippen LogP contribution in [0.25, 0.3) is 0 Å². The van der Waals surface area contributed by atoms with Crippen molar-refractivity contribution in [2.45, 2.75) is 25.7 Å². The summed E-state index contributed by atoms with van der Waals surface area (Å²) >= 11 is 0. The number of hydrogen-bond acceptors (Lipinski definition) is 1. The van der Waals surface area contributed by atoms with Crippen molar-refractivity contribution >= 4 is 5.91 Å². The lowest BCUT2D eigenvalue weighted by Gasteiger charge is -2.35. The number of hydrogen-bond donors (Lipinski definition) is 1. The summed E-state index contributed by atoms with van der Waals surface area (Å²) in [5.41, 5.74) is 1.26. The molecule has 1 heterocycles. The number of carbonyl (C=O) groups is 1. The van der Waals surface area contributed by atoms with Gasteiger partial charge in [0.1, 0.15) is 0 Å². The van der Waals surface area contributed by atoms with Crippen molar-refractivity contribution < 1.29 is 4.79 Å². The maximum Gasteiger partial charge on any atom is 0.223 e. The van der Waals surface area contributed by atoms with Crippen LogP contribution in [0.1, 0.15) is 25.7 Å².